The third-order valence-corrected chi connectivity index (χ3v) is 9.86. The molecule has 0 spiro atoms. The Morgan fingerprint density at radius 2 is 1.55 bits per heavy atom. The van der Waals surface area contributed by atoms with Crippen LogP contribution >= 0.6 is 0 Å². The summed E-state index contributed by atoms with van der Waals surface area (Å²) >= 11 is 0. The van der Waals surface area contributed by atoms with Crippen LogP contribution in [-0.4, -0.2) is 45.1 Å². The minimum Gasteiger partial charge on any atom is -0.444 e. The smallest absolute Gasteiger partial charge is 0.407 e. The third-order valence-electron chi connectivity index (χ3n) is 9.86. The van der Waals surface area contributed by atoms with E-state index in [0.29, 0.717) is 22.5 Å². The third kappa shape index (κ3) is 5.34. The fourth-order valence-corrected chi connectivity index (χ4v) is 8.05. The Morgan fingerprint density at radius 1 is 0.898 bits per heavy atom. The highest BCUT2D eigenvalue weighted by molar-refractivity contribution is 6.10. The van der Waals surface area contributed by atoms with Crippen LogP contribution in [0.2, 0.25) is 0 Å². The number of hydrogen-bond donors (Lipinski definition) is 3. The van der Waals surface area contributed by atoms with Crippen molar-refractivity contribution in [3.8, 4) is 0 Å². The monoisotopic (exact) mass is 654 g/mol. The first-order valence-corrected chi connectivity index (χ1v) is 16.5. The summed E-state index contributed by atoms with van der Waals surface area (Å²) in [5, 5.41) is 18.5. The van der Waals surface area contributed by atoms with Crippen LogP contribution < -0.4 is 10.6 Å². The van der Waals surface area contributed by atoms with E-state index in [1.165, 1.54) is 0 Å². The Hall–Kier alpha value is -5.41. The Morgan fingerprint density at radius 3 is 2.18 bits per heavy atom. The van der Waals surface area contributed by atoms with E-state index in [0.717, 1.165) is 16.7 Å². The summed E-state index contributed by atoms with van der Waals surface area (Å²) in [6.45, 7) is 5.44. The lowest BCUT2D eigenvalue weighted by atomic mass is 9.63. The number of aromatic nitrogens is 2. The minimum atomic E-state index is -1.73. The lowest BCUT2D eigenvalue weighted by Gasteiger charge is -2.39. The van der Waals surface area contributed by atoms with Gasteiger partial charge in [0.1, 0.15) is 5.60 Å². The topological polar surface area (TPSA) is 131 Å². The second-order valence-corrected chi connectivity index (χ2v) is 13.8. The maximum absolute atomic E-state index is 14.2. The highest BCUT2D eigenvalue weighted by atomic mass is 16.6. The molecule has 7 rings (SSSR count). The van der Waals surface area contributed by atoms with Gasteiger partial charge < -0.3 is 15.2 Å². The maximum Gasteiger partial charge on any atom is 0.407 e. The number of ether oxygens (including phenoxy) is 1. The van der Waals surface area contributed by atoms with E-state index < -0.39 is 52.3 Å². The number of pyridine rings is 2. The molecule has 9 heteroatoms. The van der Waals surface area contributed by atoms with Crippen molar-refractivity contribution in [3.05, 3.63) is 149 Å². The van der Waals surface area contributed by atoms with Gasteiger partial charge in [0.05, 0.1) is 22.7 Å². The summed E-state index contributed by atoms with van der Waals surface area (Å²) in [4.78, 5) is 50.4. The number of aliphatic hydroxyl groups is 1. The molecule has 1 aliphatic heterocycles. The van der Waals surface area contributed by atoms with E-state index >= 15 is 0 Å². The molecular formula is C40H38N4O5. The van der Waals surface area contributed by atoms with Gasteiger partial charge >= 0.3 is 6.09 Å². The van der Waals surface area contributed by atoms with Crippen molar-refractivity contribution in [3.63, 3.8) is 0 Å². The Bertz CT molecular complexity index is 1870. The molecule has 49 heavy (non-hydrogen) atoms. The molecule has 5 unspecified atom stereocenters. The van der Waals surface area contributed by atoms with E-state index in [9.17, 15) is 19.5 Å². The standard InChI is InChI=1S/C40H38N4O5/c1-38(2,3)49-37(47)43-23-20-39-27-24-28(40(48,26-16-8-5-9-17-26)30-19-11-13-22-42-30)33(34(39)35(45)44-36(39)46)32(27)31(25-14-6-4-7-15-25)29-18-10-12-21-41-29/h4-19,21-22,24,27,33-34,48H,20,23H2,1-3H3,(H,43,47)(H,44,45,46). The van der Waals surface area contributed by atoms with E-state index in [-0.39, 0.29) is 13.0 Å². The average Bonchev–Trinajstić information content (AvgIpc) is 3.70. The molecule has 3 amide bonds. The molecule has 2 bridgehead atoms. The number of hydrogen-bond acceptors (Lipinski definition) is 7. The van der Waals surface area contributed by atoms with Gasteiger partial charge in [-0.1, -0.05) is 78.9 Å². The van der Waals surface area contributed by atoms with Crippen LogP contribution in [0.4, 0.5) is 4.79 Å². The summed E-state index contributed by atoms with van der Waals surface area (Å²) in [6, 6.07) is 30.1. The largest absolute Gasteiger partial charge is 0.444 e. The van der Waals surface area contributed by atoms with Gasteiger partial charge in [-0.05, 0) is 73.7 Å². The van der Waals surface area contributed by atoms with Crippen molar-refractivity contribution in [1.82, 2.24) is 20.6 Å². The molecule has 1 saturated carbocycles. The number of nitrogens with zero attached hydrogens (tertiary/aromatic N) is 2. The van der Waals surface area contributed by atoms with Crippen LogP contribution in [0.1, 0.15) is 49.7 Å². The molecular weight excluding hydrogens is 616 g/mol. The predicted octanol–water partition coefficient (Wildman–Crippen LogP) is 5.57. The second kappa shape index (κ2) is 12.2. The molecule has 5 atom stereocenters. The highest BCUT2D eigenvalue weighted by Crippen LogP contribution is 2.69. The fourth-order valence-electron chi connectivity index (χ4n) is 8.05. The van der Waals surface area contributed by atoms with Crippen molar-refractivity contribution < 1.29 is 24.2 Å². The van der Waals surface area contributed by atoms with Crippen LogP contribution in [0.25, 0.3) is 5.57 Å². The zero-order chi connectivity index (χ0) is 34.4. The zero-order valence-corrected chi connectivity index (χ0v) is 27.6. The first kappa shape index (κ1) is 32.2. The Labute approximate surface area is 285 Å². The van der Waals surface area contributed by atoms with Crippen molar-refractivity contribution in [2.45, 2.75) is 38.4 Å². The van der Waals surface area contributed by atoms with E-state index in [1.54, 1.807) is 45.3 Å². The van der Waals surface area contributed by atoms with Crippen molar-refractivity contribution in [2.75, 3.05) is 6.54 Å². The fraction of sp³-hybridized carbons (Fsp3) is 0.275. The number of carbonyl (C=O) groups excluding carboxylic acids is 3. The molecule has 3 heterocycles. The number of fused-ring (bicyclic) bond motifs is 5. The first-order chi connectivity index (χ1) is 23.6. The van der Waals surface area contributed by atoms with Gasteiger partial charge in [0.25, 0.3) is 0 Å². The molecule has 3 aliphatic rings. The molecule has 3 N–H and O–H groups in total. The van der Waals surface area contributed by atoms with E-state index in [4.69, 9.17) is 9.72 Å². The van der Waals surface area contributed by atoms with Gasteiger partial charge in [-0.15, -0.1) is 0 Å². The van der Waals surface area contributed by atoms with E-state index in [2.05, 4.69) is 15.6 Å². The number of imide groups is 1. The van der Waals surface area contributed by atoms with Gasteiger partial charge in [-0.2, -0.15) is 0 Å². The Balaban J connectivity index is 1.47. The highest BCUT2D eigenvalue weighted by Gasteiger charge is 2.72. The molecule has 2 aromatic heterocycles. The van der Waals surface area contributed by atoms with Crippen molar-refractivity contribution >= 4 is 23.5 Å². The molecule has 4 aromatic rings. The molecule has 248 valence electrons. The quantitative estimate of drug-likeness (QED) is 0.167. The van der Waals surface area contributed by atoms with Crippen molar-refractivity contribution in [1.29, 1.82) is 0 Å². The SMILES string of the molecule is CC(C)(C)OC(=O)NCCC12C(=O)NC(=O)C1C1C(C(O)(c3ccccc3)c3ccccn3)=CC2C1=C(c1ccccc1)c1ccccn1. The van der Waals surface area contributed by atoms with Crippen LogP contribution in [0, 0.1) is 23.2 Å². The number of carbonyl (C=O) groups is 3. The molecule has 0 radical (unpaired) electrons. The summed E-state index contributed by atoms with van der Waals surface area (Å²) < 4.78 is 5.47. The number of amides is 3. The van der Waals surface area contributed by atoms with Crippen LogP contribution in [0.5, 0.6) is 0 Å². The van der Waals surface area contributed by atoms with Gasteiger partial charge in [0.2, 0.25) is 11.8 Å². The molecule has 9 nitrogen and oxygen atoms in total. The number of nitrogens with one attached hydrogen (secondary N) is 2. The predicted molar refractivity (Wildman–Crippen MR) is 183 cm³/mol. The van der Waals surface area contributed by atoms with Crippen molar-refractivity contribution in [2.24, 2.45) is 23.2 Å². The number of alkyl carbamates (subject to hydrolysis) is 1. The van der Waals surface area contributed by atoms with Crippen LogP contribution in [0.3, 0.4) is 0 Å². The number of allylic oxidation sites excluding steroid dienone is 2. The van der Waals surface area contributed by atoms with Gasteiger partial charge in [0, 0.05) is 36.3 Å². The molecule has 1 saturated heterocycles. The number of rotatable bonds is 8. The lowest BCUT2D eigenvalue weighted by molar-refractivity contribution is -0.130. The minimum absolute atomic E-state index is 0.0965. The number of benzene rings is 2. The normalized spacial score (nSPS) is 24.8. The summed E-state index contributed by atoms with van der Waals surface area (Å²) in [6.07, 6.45) is 4.89. The van der Waals surface area contributed by atoms with E-state index in [1.807, 2.05) is 91.0 Å². The van der Waals surface area contributed by atoms with Gasteiger partial charge in [-0.3, -0.25) is 24.9 Å². The molecule has 2 aromatic carbocycles. The van der Waals surface area contributed by atoms with Crippen LogP contribution in [0.15, 0.2) is 127 Å². The molecule has 2 aliphatic carbocycles. The van der Waals surface area contributed by atoms with Gasteiger partial charge in [-0.25, -0.2) is 4.79 Å². The summed E-state index contributed by atoms with van der Waals surface area (Å²) in [5.74, 6) is -3.02. The average molecular weight is 655 g/mol. The maximum atomic E-state index is 14.2. The summed E-state index contributed by atoms with van der Waals surface area (Å²) in [7, 11) is 0. The lowest BCUT2D eigenvalue weighted by Crippen LogP contribution is -2.45. The Kier molecular flexibility index (Phi) is 8.03. The molecule has 2 fully saturated rings. The van der Waals surface area contributed by atoms with Crippen LogP contribution in [-0.2, 0) is 19.9 Å². The van der Waals surface area contributed by atoms with Gasteiger partial charge in [0.15, 0.2) is 5.60 Å². The summed E-state index contributed by atoms with van der Waals surface area (Å²) in [5.41, 5.74) is 1.08. The second-order valence-electron chi connectivity index (χ2n) is 13.8. The first-order valence-electron chi connectivity index (χ1n) is 16.5. The zero-order valence-electron chi connectivity index (χ0n) is 27.6.